The minimum atomic E-state index is -3.25. The first-order chi connectivity index (χ1) is 13.4. The predicted molar refractivity (Wildman–Crippen MR) is 108 cm³/mol. The maximum atomic E-state index is 12.7. The Morgan fingerprint density at radius 2 is 1.57 bits per heavy atom. The van der Waals surface area contributed by atoms with Gasteiger partial charge in [-0.05, 0) is 48.9 Å². The van der Waals surface area contributed by atoms with E-state index in [-0.39, 0.29) is 10.8 Å². The normalized spacial score (nSPS) is 15.4. The van der Waals surface area contributed by atoms with Gasteiger partial charge in [0, 0.05) is 44.5 Å². The second-order valence-corrected chi connectivity index (χ2v) is 8.96. The van der Waals surface area contributed by atoms with Crippen LogP contribution in [-0.2, 0) is 16.4 Å². The summed E-state index contributed by atoms with van der Waals surface area (Å²) in [6.45, 7) is 6.40. The molecule has 1 saturated heterocycles. The highest BCUT2D eigenvalue weighted by Crippen LogP contribution is 2.16. The first-order valence-electron chi connectivity index (χ1n) is 9.40. The zero-order valence-corrected chi connectivity index (χ0v) is 17.1. The van der Waals surface area contributed by atoms with Crippen molar-refractivity contribution in [3.63, 3.8) is 0 Å². The van der Waals surface area contributed by atoms with Gasteiger partial charge in [0.05, 0.1) is 11.5 Å². The van der Waals surface area contributed by atoms with Crippen molar-refractivity contribution in [1.82, 2.24) is 9.80 Å². The van der Waals surface area contributed by atoms with Crippen molar-refractivity contribution in [3.05, 3.63) is 59.7 Å². The van der Waals surface area contributed by atoms with Crippen molar-refractivity contribution in [2.24, 2.45) is 0 Å². The number of carbonyl (C=O) groups is 1. The van der Waals surface area contributed by atoms with Crippen LogP contribution in [0.1, 0.15) is 22.8 Å². The average Bonchev–Trinajstić information content (AvgIpc) is 2.69. The summed E-state index contributed by atoms with van der Waals surface area (Å²) < 4.78 is 28.6. The van der Waals surface area contributed by atoms with Crippen molar-refractivity contribution in [2.45, 2.75) is 18.4 Å². The molecule has 1 aliphatic heterocycles. The van der Waals surface area contributed by atoms with E-state index in [0.717, 1.165) is 31.6 Å². The van der Waals surface area contributed by atoms with E-state index < -0.39 is 9.84 Å². The minimum Gasteiger partial charge on any atom is -0.494 e. The topological polar surface area (TPSA) is 66.9 Å². The van der Waals surface area contributed by atoms with Crippen LogP contribution in [0.4, 0.5) is 0 Å². The lowest BCUT2D eigenvalue weighted by Crippen LogP contribution is -2.48. The summed E-state index contributed by atoms with van der Waals surface area (Å²) in [4.78, 5) is 17.0. The van der Waals surface area contributed by atoms with Gasteiger partial charge in [0.25, 0.3) is 5.91 Å². The molecule has 0 unspecified atom stereocenters. The smallest absolute Gasteiger partial charge is 0.253 e. The first kappa shape index (κ1) is 20.4. The van der Waals surface area contributed by atoms with Gasteiger partial charge >= 0.3 is 0 Å². The monoisotopic (exact) mass is 402 g/mol. The molecule has 1 aliphatic rings. The van der Waals surface area contributed by atoms with Crippen LogP contribution in [0.25, 0.3) is 0 Å². The first-order valence-corrected chi connectivity index (χ1v) is 11.3. The van der Waals surface area contributed by atoms with Crippen LogP contribution >= 0.6 is 0 Å². The van der Waals surface area contributed by atoms with Crippen LogP contribution in [0.15, 0.2) is 53.4 Å². The third kappa shape index (κ3) is 5.11. The number of benzene rings is 2. The largest absolute Gasteiger partial charge is 0.494 e. The highest BCUT2D eigenvalue weighted by atomic mass is 32.2. The lowest BCUT2D eigenvalue weighted by molar-refractivity contribution is 0.0628. The summed E-state index contributed by atoms with van der Waals surface area (Å²) in [5.41, 5.74) is 1.74. The molecule has 1 fully saturated rings. The van der Waals surface area contributed by atoms with Crippen LogP contribution in [0.2, 0.25) is 0 Å². The average molecular weight is 403 g/mol. The molecule has 0 atom stereocenters. The summed E-state index contributed by atoms with van der Waals surface area (Å²) in [6.07, 6.45) is 1.16. The van der Waals surface area contributed by atoms with Crippen molar-refractivity contribution >= 4 is 15.7 Å². The number of amides is 1. The van der Waals surface area contributed by atoms with E-state index in [2.05, 4.69) is 17.0 Å². The Morgan fingerprint density at radius 1 is 0.964 bits per heavy atom. The molecule has 0 saturated carbocycles. The highest BCUT2D eigenvalue weighted by molar-refractivity contribution is 7.90. The Hall–Kier alpha value is -2.38. The van der Waals surface area contributed by atoms with Crippen LogP contribution in [0.5, 0.6) is 5.75 Å². The number of nitrogens with zero attached hydrogens (tertiary/aromatic N) is 2. The Morgan fingerprint density at radius 3 is 2.11 bits per heavy atom. The van der Waals surface area contributed by atoms with E-state index in [9.17, 15) is 13.2 Å². The van der Waals surface area contributed by atoms with E-state index in [4.69, 9.17) is 4.74 Å². The maximum Gasteiger partial charge on any atom is 0.253 e. The molecule has 0 spiro atoms. The summed E-state index contributed by atoms with van der Waals surface area (Å²) in [5.74, 6) is 0.823. The van der Waals surface area contributed by atoms with Gasteiger partial charge in [0.15, 0.2) is 9.84 Å². The fourth-order valence-corrected chi connectivity index (χ4v) is 3.88. The molecule has 1 amide bonds. The highest BCUT2D eigenvalue weighted by Gasteiger charge is 2.22. The number of piperazine rings is 1. The standard InChI is InChI=1S/C21H26N2O4S/c1-3-27-19-8-4-17(5-9-19)16-22-12-14-23(15-13-22)21(24)18-6-10-20(11-7-18)28(2,25)26/h4-11H,3,12-16H2,1-2H3. The number of hydrogen-bond donors (Lipinski definition) is 0. The van der Waals surface area contributed by atoms with Crippen LogP contribution < -0.4 is 4.74 Å². The molecule has 0 bridgehead atoms. The Bertz CT molecular complexity index is 900. The van der Waals surface area contributed by atoms with Gasteiger partial charge in [-0.3, -0.25) is 9.69 Å². The van der Waals surface area contributed by atoms with Crippen molar-refractivity contribution in [2.75, 3.05) is 39.0 Å². The Labute approximate surface area is 166 Å². The zero-order chi connectivity index (χ0) is 20.1. The molecule has 1 heterocycles. The van der Waals surface area contributed by atoms with Crippen molar-refractivity contribution in [1.29, 1.82) is 0 Å². The zero-order valence-electron chi connectivity index (χ0n) is 16.3. The van der Waals surface area contributed by atoms with Gasteiger partial charge in [-0.1, -0.05) is 12.1 Å². The fraction of sp³-hybridized carbons (Fsp3) is 0.381. The van der Waals surface area contributed by atoms with Crippen molar-refractivity contribution in [3.8, 4) is 5.75 Å². The molecule has 2 aromatic carbocycles. The van der Waals surface area contributed by atoms with Crippen LogP contribution in [-0.4, -0.2) is 63.2 Å². The second kappa shape index (κ2) is 8.75. The molecule has 0 aliphatic carbocycles. The lowest BCUT2D eigenvalue weighted by atomic mass is 10.1. The number of carbonyl (C=O) groups excluding carboxylic acids is 1. The molecule has 3 rings (SSSR count). The summed E-state index contributed by atoms with van der Waals surface area (Å²) in [6, 6.07) is 14.3. The van der Waals surface area contributed by atoms with E-state index in [1.54, 1.807) is 12.1 Å². The maximum absolute atomic E-state index is 12.7. The lowest BCUT2D eigenvalue weighted by Gasteiger charge is -2.34. The third-order valence-electron chi connectivity index (χ3n) is 4.83. The third-order valence-corrected chi connectivity index (χ3v) is 5.96. The van der Waals surface area contributed by atoms with Gasteiger partial charge in [-0.2, -0.15) is 0 Å². The number of ether oxygens (including phenoxy) is 1. The summed E-state index contributed by atoms with van der Waals surface area (Å²) in [7, 11) is -3.25. The fourth-order valence-electron chi connectivity index (χ4n) is 3.25. The molecule has 0 N–H and O–H groups in total. The van der Waals surface area contributed by atoms with E-state index in [1.807, 2.05) is 24.0 Å². The molecule has 150 valence electrons. The number of sulfone groups is 1. The molecule has 0 aromatic heterocycles. The van der Waals surface area contributed by atoms with Gasteiger partial charge in [0.2, 0.25) is 0 Å². The molecule has 2 aromatic rings. The minimum absolute atomic E-state index is 0.0548. The number of hydrogen-bond acceptors (Lipinski definition) is 5. The summed E-state index contributed by atoms with van der Waals surface area (Å²) in [5, 5.41) is 0. The molecule has 6 nitrogen and oxygen atoms in total. The van der Waals surface area contributed by atoms with Crippen molar-refractivity contribution < 1.29 is 17.9 Å². The number of rotatable bonds is 6. The Kier molecular flexibility index (Phi) is 6.36. The second-order valence-electron chi connectivity index (χ2n) is 6.94. The molecular weight excluding hydrogens is 376 g/mol. The van der Waals surface area contributed by atoms with Gasteiger partial charge in [0.1, 0.15) is 5.75 Å². The molecule has 28 heavy (non-hydrogen) atoms. The van der Waals surface area contributed by atoms with Gasteiger partial charge in [-0.25, -0.2) is 8.42 Å². The molecule has 7 heteroatoms. The predicted octanol–water partition coefficient (Wildman–Crippen LogP) is 2.45. The van der Waals surface area contributed by atoms with E-state index in [0.29, 0.717) is 25.3 Å². The molecule has 0 radical (unpaired) electrons. The summed E-state index contributed by atoms with van der Waals surface area (Å²) >= 11 is 0. The van der Waals surface area contributed by atoms with Crippen LogP contribution in [0.3, 0.4) is 0 Å². The van der Waals surface area contributed by atoms with E-state index in [1.165, 1.54) is 17.7 Å². The SMILES string of the molecule is CCOc1ccc(CN2CCN(C(=O)c3ccc(S(C)(=O)=O)cc3)CC2)cc1. The quantitative estimate of drug-likeness (QED) is 0.743. The molecular formula is C21H26N2O4S. The van der Waals surface area contributed by atoms with Crippen LogP contribution in [0, 0.1) is 0 Å². The van der Waals surface area contributed by atoms with Gasteiger partial charge < -0.3 is 9.64 Å². The van der Waals surface area contributed by atoms with E-state index >= 15 is 0 Å². The van der Waals surface area contributed by atoms with Gasteiger partial charge in [-0.15, -0.1) is 0 Å². The Balaban J connectivity index is 1.53.